The van der Waals surface area contributed by atoms with Crippen LogP contribution in [0.3, 0.4) is 0 Å². The molecule has 0 spiro atoms. The van der Waals surface area contributed by atoms with Gasteiger partial charge in [-0.05, 0) is 31.4 Å². The second-order valence-corrected chi connectivity index (χ2v) is 5.72. The number of hydrogen-bond donors (Lipinski definition) is 0. The van der Waals surface area contributed by atoms with Gasteiger partial charge in [-0.1, -0.05) is 0 Å². The fourth-order valence-electron chi connectivity index (χ4n) is 2.79. The van der Waals surface area contributed by atoms with Gasteiger partial charge in [-0.2, -0.15) is 4.98 Å². The maximum atomic E-state index is 13.2. The Morgan fingerprint density at radius 1 is 1.30 bits per heavy atom. The first-order valence-electron chi connectivity index (χ1n) is 7.20. The topological polar surface area (TPSA) is 38.5 Å². The molecular formula is C15H17FN2O2. The van der Waals surface area contributed by atoms with E-state index in [0.717, 1.165) is 26.2 Å². The molecule has 5 heteroatoms. The lowest BCUT2D eigenvalue weighted by atomic mass is 10.1. The first-order chi connectivity index (χ1) is 9.79. The molecule has 1 aromatic carbocycles. The number of benzene rings is 1. The molecule has 0 unspecified atom stereocenters. The molecule has 1 aromatic heterocycles. The summed E-state index contributed by atoms with van der Waals surface area (Å²) >= 11 is 0. The van der Waals surface area contributed by atoms with Crippen LogP contribution in [-0.4, -0.2) is 30.8 Å². The number of hydrogen-bond acceptors (Lipinski definition) is 4. The van der Waals surface area contributed by atoms with Crippen LogP contribution in [0.15, 0.2) is 22.6 Å². The summed E-state index contributed by atoms with van der Waals surface area (Å²) in [5.41, 5.74) is 1.24. The van der Waals surface area contributed by atoms with Gasteiger partial charge in [0.2, 0.25) is 0 Å². The highest BCUT2D eigenvalue weighted by Crippen LogP contribution is 2.34. The maximum Gasteiger partial charge on any atom is 0.298 e. The van der Waals surface area contributed by atoms with E-state index in [1.54, 1.807) is 6.07 Å². The van der Waals surface area contributed by atoms with Gasteiger partial charge in [-0.25, -0.2) is 4.39 Å². The molecule has 1 atom stereocenters. The quantitative estimate of drug-likeness (QED) is 0.860. The van der Waals surface area contributed by atoms with E-state index in [0.29, 0.717) is 29.1 Å². The molecule has 1 aliphatic heterocycles. The van der Waals surface area contributed by atoms with Crippen LogP contribution in [0.5, 0.6) is 0 Å². The minimum atomic E-state index is -0.278. The average Bonchev–Trinajstić information content (AvgIpc) is 2.99. The lowest BCUT2D eigenvalue weighted by molar-refractivity contribution is 0.186. The molecule has 1 saturated carbocycles. The van der Waals surface area contributed by atoms with Crippen molar-refractivity contribution in [2.45, 2.75) is 25.3 Å². The molecule has 4 nitrogen and oxygen atoms in total. The molecule has 0 amide bonds. The third kappa shape index (κ3) is 2.26. The number of ether oxygens (including phenoxy) is 1. The summed E-state index contributed by atoms with van der Waals surface area (Å²) in [7, 11) is 0. The average molecular weight is 276 g/mol. The second kappa shape index (κ2) is 4.74. The number of rotatable bonds is 4. The van der Waals surface area contributed by atoms with Crippen LogP contribution < -0.4 is 4.90 Å². The third-order valence-electron chi connectivity index (χ3n) is 4.05. The zero-order valence-corrected chi connectivity index (χ0v) is 11.2. The molecule has 2 aromatic rings. The summed E-state index contributed by atoms with van der Waals surface area (Å²) in [5, 5.41) is 0. The molecule has 106 valence electrons. The zero-order valence-electron chi connectivity index (χ0n) is 11.2. The van der Waals surface area contributed by atoms with Crippen molar-refractivity contribution >= 4 is 17.1 Å². The summed E-state index contributed by atoms with van der Waals surface area (Å²) in [5.74, 6) is 0.266. The minimum Gasteiger partial charge on any atom is -0.423 e. The Morgan fingerprint density at radius 3 is 2.95 bits per heavy atom. The van der Waals surface area contributed by atoms with E-state index in [9.17, 15) is 4.39 Å². The standard InChI is InChI=1S/C15H17FN2O2/c16-11-1-4-14-13(7-11)17-15(20-14)18(12-2-3-12)8-10-5-6-19-9-10/h1,4,7,10,12H,2-3,5-6,8-9H2/t10-/m0/s1. The molecule has 1 aliphatic carbocycles. The van der Waals surface area contributed by atoms with Crippen molar-refractivity contribution in [1.29, 1.82) is 0 Å². The largest absolute Gasteiger partial charge is 0.423 e. The summed E-state index contributed by atoms with van der Waals surface area (Å²) in [6.07, 6.45) is 3.46. The molecule has 2 heterocycles. The van der Waals surface area contributed by atoms with Gasteiger partial charge in [0.25, 0.3) is 6.01 Å². The predicted octanol–water partition coefficient (Wildman–Crippen LogP) is 2.97. The lowest BCUT2D eigenvalue weighted by Gasteiger charge is -2.22. The summed E-state index contributed by atoms with van der Waals surface area (Å²) in [4.78, 5) is 6.69. The molecule has 2 aliphatic rings. The molecule has 1 saturated heterocycles. The smallest absolute Gasteiger partial charge is 0.298 e. The summed E-state index contributed by atoms with van der Waals surface area (Å²) in [6.45, 7) is 2.58. The van der Waals surface area contributed by atoms with Gasteiger partial charge in [-0.15, -0.1) is 0 Å². The van der Waals surface area contributed by atoms with Crippen molar-refractivity contribution < 1.29 is 13.5 Å². The number of nitrogens with zero attached hydrogens (tertiary/aromatic N) is 2. The van der Waals surface area contributed by atoms with Crippen LogP contribution in [-0.2, 0) is 4.74 Å². The molecule has 0 bridgehead atoms. The van der Waals surface area contributed by atoms with Gasteiger partial charge in [0, 0.05) is 31.2 Å². The van der Waals surface area contributed by atoms with Gasteiger partial charge in [-0.3, -0.25) is 0 Å². The lowest BCUT2D eigenvalue weighted by Crippen LogP contribution is -2.32. The van der Waals surface area contributed by atoms with Crippen LogP contribution in [0.1, 0.15) is 19.3 Å². The highest BCUT2D eigenvalue weighted by Gasteiger charge is 2.34. The monoisotopic (exact) mass is 276 g/mol. The van der Waals surface area contributed by atoms with Crippen molar-refractivity contribution in [2.24, 2.45) is 5.92 Å². The number of oxazole rings is 1. The highest BCUT2D eigenvalue weighted by atomic mass is 19.1. The van der Waals surface area contributed by atoms with Crippen LogP contribution in [0.4, 0.5) is 10.4 Å². The van der Waals surface area contributed by atoms with E-state index in [-0.39, 0.29) is 5.82 Å². The first-order valence-corrected chi connectivity index (χ1v) is 7.20. The van der Waals surface area contributed by atoms with Gasteiger partial charge in [0.05, 0.1) is 6.61 Å². The van der Waals surface area contributed by atoms with Crippen molar-refractivity contribution in [3.8, 4) is 0 Å². The maximum absolute atomic E-state index is 13.2. The number of fused-ring (bicyclic) bond motifs is 1. The van der Waals surface area contributed by atoms with Gasteiger partial charge >= 0.3 is 0 Å². The normalized spacial score (nSPS) is 22.6. The zero-order chi connectivity index (χ0) is 13.5. The molecule has 0 N–H and O–H groups in total. The Morgan fingerprint density at radius 2 is 2.20 bits per heavy atom. The Balaban J connectivity index is 1.63. The second-order valence-electron chi connectivity index (χ2n) is 5.72. The number of halogens is 1. The van der Waals surface area contributed by atoms with E-state index in [1.165, 1.54) is 25.0 Å². The Labute approximate surface area is 116 Å². The van der Waals surface area contributed by atoms with E-state index < -0.39 is 0 Å². The van der Waals surface area contributed by atoms with Crippen LogP contribution in [0.2, 0.25) is 0 Å². The minimum absolute atomic E-state index is 0.278. The Hall–Kier alpha value is -1.62. The van der Waals surface area contributed by atoms with E-state index in [1.807, 2.05) is 0 Å². The molecular weight excluding hydrogens is 259 g/mol. The first kappa shape index (κ1) is 12.1. The summed E-state index contributed by atoms with van der Waals surface area (Å²) in [6, 6.07) is 5.62. The molecule has 0 radical (unpaired) electrons. The van der Waals surface area contributed by atoms with Crippen LogP contribution in [0, 0.1) is 11.7 Å². The Kier molecular flexibility index (Phi) is 2.88. The SMILES string of the molecule is Fc1ccc2oc(N(C[C@@H]3CCOC3)C3CC3)nc2c1. The van der Waals surface area contributed by atoms with Crippen molar-refractivity contribution in [3.05, 3.63) is 24.0 Å². The van der Waals surface area contributed by atoms with E-state index in [4.69, 9.17) is 9.15 Å². The third-order valence-corrected chi connectivity index (χ3v) is 4.05. The molecule has 2 fully saturated rings. The van der Waals surface area contributed by atoms with Crippen molar-refractivity contribution in [1.82, 2.24) is 4.98 Å². The Bertz CT molecular complexity index is 617. The van der Waals surface area contributed by atoms with Crippen LogP contribution >= 0.6 is 0 Å². The van der Waals surface area contributed by atoms with E-state index >= 15 is 0 Å². The fourth-order valence-corrected chi connectivity index (χ4v) is 2.79. The number of anilines is 1. The predicted molar refractivity (Wildman–Crippen MR) is 73.3 cm³/mol. The van der Waals surface area contributed by atoms with Gasteiger partial charge in [0.1, 0.15) is 11.3 Å². The summed E-state index contributed by atoms with van der Waals surface area (Å²) < 4.78 is 24.5. The molecule has 20 heavy (non-hydrogen) atoms. The fraction of sp³-hybridized carbons (Fsp3) is 0.533. The number of aromatic nitrogens is 1. The van der Waals surface area contributed by atoms with Crippen molar-refractivity contribution in [2.75, 3.05) is 24.7 Å². The van der Waals surface area contributed by atoms with Gasteiger partial charge in [0.15, 0.2) is 5.58 Å². The van der Waals surface area contributed by atoms with E-state index in [2.05, 4.69) is 9.88 Å². The van der Waals surface area contributed by atoms with Gasteiger partial charge < -0.3 is 14.1 Å². The van der Waals surface area contributed by atoms with Crippen LogP contribution in [0.25, 0.3) is 11.1 Å². The molecule has 4 rings (SSSR count). The van der Waals surface area contributed by atoms with Crippen molar-refractivity contribution in [3.63, 3.8) is 0 Å². The highest BCUT2D eigenvalue weighted by molar-refractivity contribution is 5.74.